The lowest BCUT2D eigenvalue weighted by Crippen LogP contribution is -2.09. The maximum atomic E-state index is 12.5. The quantitative estimate of drug-likeness (QED) is 0.788. The van der Waals surface area contributed by atoms with Crippen LogP contribution in [0.15, 0.2) is 42.5 Å². The second-order valence-corrected chi connectivity index (χ2v) is 5.28. The average Bonchev–Trinajstić information content (AvgIpc) is 2.42. The summed E-state index contributed by atoms with van der Waals surface area (Å²) in [4.78, 5) is 0. The van der Waals surface area contributed by atoms with Gasteiger partial charge in [0, 0.05) is 11.7 Å². The van der Waals surface area contributed by atoms with Crippen molar-refractivity contribution in [1.82, 2.24) is 0 Å². The first-order valence-corrected chi connectivity index (χ1v) is 6.78. The molecule has 112 valence electrons. The van der Waals surface area contributed by atoms with Gasteiger partial charge >= 0.3 is 6.18 Å². The summed E-state index contributed by atoms with van der Waals surface area (Å²) in [6, 6.07) is 11.2. The Kier molecular flexibility index (Phi) is 4.26. The summed E-state index contributed by atoms with van der Waals surface area (Å²) in [5.41, 5.74) is 3.55. The van der Waals surface area contributed by atoms with Gasteiger partial charge in [0.15, 0.2) is 0 Å². The number of rotatable bonds is 3. The van der Waals surface area contributed by atoms with Crippen molar-refractivity contribution in [3.05, 3.63) is 64.7 Å². The Morgan fingerprint density at radius 2 is 1.52 bits per heavy atom. The Morgan fingerprint density at radius 1 is 0.905 bits per heavy atom. The highest BCUT2D eigenvalue weighted by Gasteiger charge is 2.30. The normalized spacial score (nSPS) is 13.0. The molecule has 4 heteroatoms. The Bertz CT molecular complexity index is 615. The molecular weight excluding hydrogens is 275 g/mol. The van der Waals surface area contributed by atoms with Crippen LogP contribution < -0.4 is 5.32 Å². The maximum absolute atomic E-state index is 12.5. The first kappa shape index (κ1) is 15.4. The van der Waals surface area contributed by atoms with Gasteiger partial charge in [-0.1, -0.05) is 18.2 Å². The van der Waals surface area contributed by atoms with Crippen LogP contribution in [0.3, 0.4) is 0 Å². The summed E-state index contributed by atoms with van der Waals surface area (Å²) in [5, 5.41) is 3.30. The van der Waals surface area contributed by atoms with Crippen molar-refractivity contribution in [3.8, 4) is 0 Å². The lowest BCUT2D eigenvalue weighted by Gasteiger charge is -2.17. The third-order valence-corrected chi connectivity index (χ3v) is 3.63. The summed E-state index contributed by atoms with van der Waals surface area (Å²) < 4.78 is 37.6. The van der Waals surface area contributed by atoms with Crippen LogP contribution in [0, 0.1) is 13.8 Å². The molecule has 0 aliphatic heterocycles. The zero-order chi connectivity index (χ0) is 15.6. The van der Waals surface area contributed by atoms with Gasteiger partial charge < -0.3 is 5.32 Å². The van der Waals surface area contributed by atoms with Crippen molar-refractivity contribution in [3.63, 3.8) is 0 Å². The van der Waals surface area contributed by atoms with Gasteiger partial charge in [-0.2, -0.15) is 13.2 Å². The van der Waals surface area contributed by atoms with Crippen LogP contribution in [0.25, 0.3) is 0 Å². The number of hydrogen-bond donors (Lipinski definition) is 1. The van der Waals surface area contributed by atoms with E-state index in [4.69, 9.17) is 0 Å². The van der Waals surface area contributed by atoms with E-state index in [0.29, 0.717) is 0 Å². The molecule has 21 heavy (non-hydrogen) atoms. The molecular formula is C17H18F3N. The zero-order valence-corrected chi connectivity index (χ0v) is 12.3. The topological polar surface area (TPSA) is 12.0 Å². The summed E-state index contributed by atoms with van der Waals surface area (Å²) in [6.07, 6.45) is -4.29. The second kappa shape index (κ2) is 5.80. The van der Waals surface area contributed by atoms with Crippen molar-refractivity contribution >= 4 is 5.69 Å². The van der Waals surface area contributed by atoms with E-state index >= 15 is 0 Å². The third-order valence-electron chi connectivity index (χ3n) is 3.63. The van der Waals surface area contributed by atoms with Gasteiger partial charge in [-0.3, -0.25) is 0 Å². The minimum atomic E-state index is -4.29. The largest absolute Gasteiger partial charge is 0.416 e. The van der Waals surface area contributed by atoms with Crippen molar-refractivity contribution in [2.24, 2.45) is 0 Å². The van der Waals surface area contributed by atoms with E-state index in [1.165, 1.54) is 23.3 Å². The molecule has 2 rings (SSSR count). The molecule has 0 heterocycles. The van der Waals surface area contributed by atoms with Gasteiger partial charge in [0.1, 0.15) is 0 Å². The molecule has 0 fully saturated rings. The van der Waals surface area contributed by atoms with E-state index in [-0.39, 0.29) is 6.04 Å². The number of anilines is 1. The van der Waals surface area contributed by atoms with Crippen LogP contribution in [-0.4, -0.2) is 0 Å². The molecule has 1 nitrogen and oxygen atoms in total. The fourth-order valence-electron chi connectivity index (χ4n) is 2.13. The number of halogens is 3. The predicted octanol–water partition coefficient (Wildman–Crippen LogP) is 5.50. The molecule has 2 aromatic rings. The van der Waals surface area contributed by atoms with Gasteiger partial charge in [0.25, 0.3) is 0 Å². The van der Waals surface area contributed by atoms with Gasteiger partial charge in [-0.05, 0) is 61.7 Å². The average molecular weight is 293 g/mol. The van der Waals surface area contributed by atoms with E-state index in [0.717, 1.165) is 23.4 Å². The smallest absolute Gasteiger partial charge is 0.379 e. The van der Waals surface area contributed by atoms with E-state index in [1.807, 2.05) is 39.0 Å². The van der Waals surface area contributed by atoms with Gasteiger partial charge in [0.2, 0.25) is 0 Å². The van der Waals surface area contributed by atoms with Gasteiger partial charge in [-0.25, -0.2) is 0 Å². The molecule has 0 spiro atoms. The lowest BCUT2D eigenvalue weighted by molar-refractivity contribution is -0.137. The van der Waals surface area contributed by atoms with Gasteiger partial charge in [-0.15, -0.1) is 0 Å². The number of hydrogen-bond acceptors (Lipinski definition) is 1. The molecule has 1 atom stereocenters. The lowest BCUT2D eigenvalue weighted by atomic mass is 10.0. The molecule has 0 aliphatic carbocycles. The fraction of sp³-hybridized carbons (Fsp3) is 0.294. The molecule has 1 N–H and O–H groups in total. The number of aryl methyl sites for hydroxylation is 2. The monoisotopic (exact) mass is 293 g/mol. The number of alkyl halides is 3. The van der Waals surface area contributed by atoms with Crippen molar-refractivity contribution in [2.75, 3.05) is 5.32 Å². The molecule has 0 aliphatic rings. The van der Waals surface area contributed by atoms with E-state index in [9.17, 15) is 13.2 Å². The predicted molar refractivity (Wildman–Crippen MR) is 79.4 cm³/mol. The van der Waals surface area contributed by atoms with Crippen molar-refractivity contribution in [1.29, 1.82) is 0 Å². The molecule has 0 saturated carbocycles. The van der Waals surface area contributed by atoms with Crippen LogP contribution in [-0.2, 0) is 6.18 Å². The van der Waals surface area contributed by atoms with E-state index < -0.39 is 11.7 Å². The fourth-order valence-corrected chi connectivity index (χ4v) is 2.13. The molecule has 0 aromatic heterocycles. The van der Waals surface area contributed by atoms with Crippen LogP contribution in [0.5, 0.6) is 0 Å². The van der Waals surface area contributed by atoms with Crippen molar-refractivity contribution in [2.45, 2.75) is 33.0 Å². The Hall–Kier alpha value is -1.97. The minimum Gasteiger partial charge on any atom is -0.379 e. The third kappa shape index (κ3) is 3.78. The summed E-state index contributed by atoms with van der Waals surface area (Å²) in [5.74, 6) is 0. The molecule has 0 bridgehead atoms. The molecule has 0 amide bonds. The summed E-state index contributed by atoms with van der Waals surface area (Å²) in [6.45, 7) is 6.00. The summed E-state index contributed by atoms with van der Waals surface area (Å²) >= 11 is 0. The second-order valence-electron chi connectivity index (χ2n) is 5.28. The number of benzene rings is 2. The van der Waals surface area contributed by atoms with Crippen LogP contribution >= 0.6 is 0 Å². The first-order chi connectivity index (χ1) is 9.77. The SMILES string of the molecule is Cc1ccc(NC(C)c2ccc(C(F)(F)F)cc2)cc1C. The van der Waals surface area contributed by atoms with Crippen molar-refractivity contribution < 1.29 is 13.2 Å². The Labute approximate surface area is 122 Å². The molecule has 0 radical (unpaired) electrons. The van der Waals surface area contributed by atoms with E-state index in [2.05, 4.69) is 5.32 Å². The number of nitrogens with one attached hydrogen (secondary N) is 1. The highest BCUT2D eigenvalue weighted by molar-refractivity contribution is 5.49. The van der Waals surface area contributed by atoms with Gasteiger partial charge in [0.05, 0.1) is 5.56 Å². The minimum absolute atomic E-state index is 0.0608. The zero-order valence-electron chi connectivity index (χ0n) is 12.3. The summed E-state index contributed by atoms with van der Waals surface area (Å²) in [7, 11) is 0. The van der Waals surface area contributed by atoms with Crippen LogP contribution in [0.4, 0.5) is 18.9 Å². The molecule has 2 aromatic carbocycles. The van der Waals surface area contributed by atoms with E-state index in [1.54, 1.807) is 0 Å². The Balaban J connectivity index is 2.13. The molecule has 1 unspecified atom stereocenters. The van der Waals surface area contributed by atoms with Crippen LogP contribution in [0.1, 0.15) is 35.2 Å². The maximum Gasteiger partial charge on any atom is 0.416 e. The van der Waals surface area contributed by atoms with Crippen LogP contribution in [0.2, 0.25) is 0 Å². The highest BCUT2D eigenvalue weighted by Crippen LogP contribution is 2.30. The Morgan fingerprint density at radius 3 is 2.05 bits per heavy atom. The standard InChI is InChI=1S/C17H18F3N/c1-11-4-9-16(10-12(11)2)21-13(3)14-5-7-15(8-6-14)17(18,19)20/h4-10,13,21H,1-3H3. The first-order valence-electron chi connectivity index (χ1n) is 6.78. The molecule has 0 saturated heterocycles. The highest BCUT2D eigenvalue weighted by atomic mass is 19.4.